The van der Waals surface area contributed by atoms with Crippen molar-refractivity contribution in [2.75, 3.05) is 19.8 Å². The number of hydrogen-bond donors (Lipinski definition) is 3. The molecule has 1 aliphatic heterocycles. The van der Waals surface area contributed by atoms with Gasteiger partial charge in [-0.2, -0.15) is 0 Å². The van der Waals surface area contributed by atoms with Crippen LogP contribution in [0, 0.1) is 0 Å². The minimum atomic E-state index is -1.05. The van der Waals surface area contributed by atoms with Crippen LogP contribution in [0.2, 0.25) is 0 Å². The quantitative estimate of drug-likeness (QED) is 0.454. The Morgan fingerprint density at radius 3 is 2.57 bits per heavy atom. The van der Waals surface area contributed by atoms with Crippen LogP contribution in [0.25, 0.3) is 6.08 Å². The largest absolute Gasteiger partial charge is 0.494 e. The van der Waals surface area contributed by atoms with E-state index in [2.05, 4.69) is 5.32 Å². The fraction of sp³-hybridized carbons (Fsp3) is 0.429. The van der Waals surface area contributed by atoms with Crippen LogP contribution in [0.3, 0.4) is 0 Å². The molecule has 1 amide bonds. The van der Waals surface area contributed by atoms with Crippen LogP contribution in [0.4, 0.5) is 0 Å². The number of aliphatic hydroxyl groups is 2. The first kappa shape index (κ1) is 24.9. The number of rotatable bonds is 10. The van der Waals surface area contributed by atoms with E-state index in [0.29, 0.717) is 43.9 Å². The van der Waals surface area contributed by atoms with Crippen LogP contribution in [-0.4, -0.2) is 59.5 Å². The monoisotopic (exact) mass is 478 g/mol. The third-order valence-electron chi connectivity index (χ3n) is 6.46. The number of ether oxygens (including phenoxy) is 2. The molecule has 2 aromatic carbocycles. The van der Waals surface area contributed by atoms with E-state index in [1.807, 2.05) is 66.7 Å². The van der Waals surface area contributed by atoms with Gasteiger partial charge in [-0.1, -0.05) is 42.5 Å². The summed E-state index contributed by atoms with van der Waals surface area (Å²) in [5.74, 6) is 1.000. The topological polar surface area (TPSA) is 100 Å². The highest BCUT2D eigenvalue weighted by molar-refractivity contribution is 6.00. The van der Waals surface area contributed by atoms with Gasteiger partial charge < -0.3 is 25.0 Å². The molecule has 0 unspecified atom stereocenters. The van der Waals surface area contributed by atoms with Crippen LogP contribution >= 0.6 is 0 Å². The summed E-state index contributed by atoms with van der Waals surface area (Å²) in [6.45, 7) is 0.701. The zero-order valence-electron chi connectivity index (χ0n) is 19.9. The summed E-state index contributed by atoms with van der Waals surface area (Å²) in [6.07, 6.45) is 7.61. The Morgan fingerprint density at radius 2 is 1.86 bits per heavy atom. The normalized spacial score (nSPS) is 24.1. The molecule has 0 radical (unpaired) electrons. The van der Waals surface area contributed by atoms with Crippen LogP contribution in [0.15, 0.2) is 65.7 Å². The molecular weight excluding hydrogens is 444 g/mol. The first-order valence-corrected chi connectivity index (χ1v) is 12.4. The Bertz CT molecular complexity index is 1010. The molecule has 7 nitrogen and oxygen atoms in total. The lowest BCUT2D eigenvalue weighted by molar-refractivity contribution is -0.127. The number of nitrogens with one attached hydrogen (secondary N) is 1. The zero-order chi connectivity index (χ0) is 24.5. The summed E-state index contributed by atoms with van der Waals surface area (Å²) >= 11 is 0. The number of aliphatic imine (C=N–C) groups is 1. The second-order valence-corrected chi connectivity index (χ2v) is 9.18. The Balaban J connectivity index is 1.50. The van der Waals surface area contributed by atoms with Crippen molar-refractivity contribution < 1.29 is 24.5 Å². The SMILES string of the molecule is O=C(NC1CCC(O)CC1)[C@@]1(C/C=C/c2ccccc2)COC(c2ccc(OCCCO)cc2)=N1. The molecule has 1 aliphatic carbocycles. The van der Waals surface area contributed by atoms with Crippen molar-refractivity contribution in [1.82, 2.24) is 5.32 Å². The maximum Gasteiger partial charge on any atom is 0.252 e. The smallest absolute Gasteiger partial charge is 0.252 e. The third kappa shape index (κ3) is 6.71. The van der Waals surface area contributed by atoms with Gasteiger partial charge in [0.05, 0.1) is 12.7 Å². The summed E-state index contributed by atoms with van der Waals surface area (Å²) < 4.78 is 11.6. The van der Waals surface area contributed by atoms with E-state index in [-0.39, 0.29) is 31.3 Å². The molecule has 1 saturated carbocycles. The molecule has 2 aromatic rings. The Morgan fingerprint density at radius 1 is 1.11 bits per heavy atom. The number of benzene rings is 2. The molecule has 0 spiro atoms. The van der Waals surface area contributed by atoms with Gasteiger partial charge in [0.25, 0.3) is 5.91 Å². The van der Waals surface area contributed by atoms with Crippen LogP contribution in [-0.2, 0) is 9.53 Å². The van der Waals surface area contributed by atoms with E-state index in [1.54, 1.807) is 0 Å². The molecule has 2 aliphatic rings. The lowest BCUT2D eigenvalue weighted by Gasteiger charge is -2.29. The lowest BCUT2D eigenvalue weighted by atomic mass is 9.90. The minimum Gasteiger partial charge on any atom is -0.494 e. The molecule has 35 heavy (non-hydrogen) atoms. The van der Waals surface area contributed by atoms with Crippen molar-refractivity contribution >= 4 is 17.9 Å². The van der Waals surface area contributed by atoms with Gasteiger partial charge in [0, 0.05) is 31.1 Å². The molecule has 1 atom stereocenters. The number of carbonyl (C=O) groups is 1. The fourth-order valence-corrected chi connectivity index (χ4v) is 4.35. The van der Waals surface area contributed by atoms with Crippen molar-refractivity contribution in [3.05, 3.63) is 71.8 Å². The first-order chi connectivity index (χ1) is 17.1. The lowest BCUT2D eigenvalue weighted by Crippen LogP contribution is -2.51. The molecule has 4 rings (SSSR count). The van der Waals surface area contributed by atoms with Crippen molar-refractivity contribution in [2.24, 2.45) is 4.99 Å². The molecule has 7 heteroatoms. The van der Waals surface area contributed by atoms with Crippen molar-refractivity contribution in [3.8, 4) is 5.75 Å². The number of nitrogens with zero attached hydrogens (tertiary/aromatic N) is 1. The molecular formula is C28H34N2O5. The Hall–Kier alpha value is -3.16. The first-order valence-electron chi connectivity index (χ1n) is 12.4. The highest BCUT2D eigenvalue weighted by atomic mass is 16.5. The van der Waals surface area contributed by atoms with Crippen molar-refractivity contribution in [1.29, 1.82) is 0 Å². The summed E-state index contributed by atoms with van der Waals surface area (Å²) in [7, 11) is 0. The van der Waals surface area contributed by atoms with Gasteiger partial charge in [0.2, 0.25) is 5.90 Å². The number of carbonyl (C=O) groups excluding carboxylic acids is 1. The maximum atomic E-state index is 13.5. The van der Waals surface area contributed by atoms with E-state index in [0.717, 1.165) is 24.0 Å². The van der Waals surface area contributed by atoms with Crippen LogP contribution < -0.4 is 10.1 Å². The summed E-state index contributed by atoms with van der Waals surface area (Å²) in [4.78, 5) is 18.3. The van der Waals surface area contributed by atoms with E-state index < -0.39 is 5.54 Å². The molecule has 186 valence electrons. The van der Waals surface area contributed by atoms with Crippen LogP contribution in [0.5, 0.6) is 5.75 Å². The molecule has 1 fully saturated rings. The van der Waals surface area contributed by atoms with Gasteiger partial charge in [0.15, 0.2) is 5.54 Å². The molecule has 1 heterocycles. The van der Waals surface area contributed by atoms with E-state index in [1.165, 1.54) is 0 Å². The predicted octanol–water partition coefficient (Wildman–Crippen LogP) is 3.49. The summed E-state index contributed by atoms with van der Waals surface area (Å²) in [5, 5.41) is 21.9. The standard InChI is InChI=1S/C28H34N2O5/c31-18-5-19-34-25-15-9-22(10-16-25)26-30-28(20-35-26,17-4-8-21-6-2-1-3-7-21)27(33)29-23-11-13-24(32)14-12-23/h1-4,6-10,15-16,23-24,31-32H,5,11-14,17-20H2,(H,29,33)/b8-4+/t23?,24?,28-/m1/s1. The third-order valence-corrected chi connectivity index (χ3v) is 6.46. The van der Waals surface area contributed by atoms with E-state index in [4.69, 9.17) is 19.6 Å². The molecule has 0 aromatic heterocycles. The summed E-state index contributed by atoms with van der Waals surface area (Å²) in [6, 6.07) is 17.4. The second kappa shape index (κ2) is 12.0. The second-order valence-electron chi connectivity index (χ2n) is 9.18. The Labute approximate surface area is 206 Å². The van der Waals surface area contributed by atoms with Gasteiger partial charge in [-0.3, -0.25) is 4.79 Å². The van der Waals surface area contributed by atoms with Crippen molar-refractivity contribution in [2.45, 2.75) is 56.2 Å². The van der Waals surface area contributed by atoms with E-state index in [9.17, 15) is 9.90 Å². The molecule has 0 bridgehead atoms. The molecule has 0 saturated heterocycles. The van der Waals surface area contributed by atoms with Gasteiger partial charge in [-0.05, 0) is 55.5 Å². The summed E-state index contributed by atoms with van der Waals surface area (Å²) in [5.41, 5.74) is 0.790. The fourth-order valence-electron chi connectivity index (χ4n) is 4.35. The van der Waals surface area contributed by atoms with Crippen molar-refractivity contribution in [3.63, 3.8) is 0 Å². The highest BCUT2D eigenvalue weighted by Crippen LogP contribution is 2.29. The highest BCUT2D eigenvalue weighted by Gasteiger charge is 2.44. The minimum absolute atomic E-state index is 0.0375. The van der Waals surface area contributed by atoms with E-state index >= 15 is 0 Å². The number of amides is 1. The predicted molar refractivity (Wildman–Crippen MR) is 135 cm³/mol. The van der Waals surface area contributed by atoms with Gasteiger partial charge in [-0.25, -0.2) is 4.99 Å². The van der Waals surface area contributed by atoms with Gasteiger partial charge in [0.1, 0.15) is 12.4 Å². The van der Waals surface area contributed by atoms with Crippen LogP contribution in [0.1, 0.15) is 49.7 Å². The average Bonchev–Trinajstić information content (AvgIpc) is 3.32. The van der Waals surface area contributed by atoms with Gasteiger partial charge in [-0.15, -0.1) is 0 Å². The number of aliphatic hydroxyl groups excluding tert-OH is 2. The number of hydrogen-bond acceptors (Lipinski definition) is 6. The average molecular weight is 479 g/mol. The maximum absolute atomic E-state index is 13.5. The Kier molecular flexibility index (Phi) is 8.55. The zero-order valence-corrected chi connectivity index (χ0v) is 19.9. The van der Waals surface area contributed by atoms with Gasteiger partial charge >= 0.3 is 0 Å². The molecule has 3 N–H and O–H groups in total.